The number of nitrogens with zero attached hydrogens (tertiary/aromatic N) is 3. The van der Waals surface area contributed by atoms with E-state index in [4.69, 9.17) is 0 Å². The largest absolute Gasteiger partial charge is 0.342 e. The van der Waals surface area contributed by atoms with E-state index in [0.29, 0.717) is 24.3 Å². The number of rotatable bonds is 6. The van der Waals surface area contributed by atoms with Gasteiger partial charge in [-0.05, 0) is 29.7 Å². The Labute approximate surface area is 204 Å². The highest BCUT2D eigenvalue weighted by Gasteiger charge is 2.39. The normalized spacial score (nSPS) is 15.1. The summed E-state index contributed by atoms with van der Waals surface area (Å²) < 4.78 is 0. The predicted molar refractivity (Wildman–Crippen MR) is 136 cm³/mol. The molecular formula is C29H25N3O3. The Kier molecular flexibility index (Phi) is 6.02. The molecular weight excluding hydrogens is 438 g/mol. The highest BCUT2D eigenvalue weighted by Crippen LogP contribution is 2.42. The average Bonchev–Trinajstić information content (AvgIpc) is 2.88. The number of amides is 1. The number of carbonyl (C=O) groups is 1. The summed E-state index contributed by atoms with van der Waals surface area (Å²) in [6.45, 7) is 2.96. The van der Waals surface area contributed by atoms with Gasteiger partial charge in [-0.25, -0.2) is 0 Å². The molecule has 1 aliphatic rings. The zero-order valence-corrected chi connectivity index (χ0v) is 19.4. The lowest BCUT2D eigenvalue weighted by Crippen LogP contribution is -2.48. The zero-order chi connectivity index (χ0) is 24.4. The van der Waals surface area contributed by atoms with Crippen LogP contribution in [0.3, 0.4) is 0 Å². The standard InChI is InChI=1S/C29H25N3O3/c1-21-12-14-24(15-13-21)28-30(19-22-8-4-2-5-9-22)27-17-16-25(32(34)35)18-26(27)29(33)31(28)20-23-10-6-3-7-11-23/h2-18,28H,19-20H2,1H3/t28-/m0/s1. The lowest BCUT2D eigenvalue weighted by atomic mass is 9.98. The summed E-state index contributed by atoms with van der Waals surface area (Å²) in [6.07, 6.45) is -0.377. The first-order chi connectivity index (χ1) is 17.0. The number of non-ortho nitro benzene ring substituents is 1. The van der Waals surface area contributed by atoms with Crippen LogP contribution in [0.4, 0.5) is 11.4 Å². The van der Waals surface area contributed by atoms with E-state index >= 15 is 0 Å². The van der Waals surface area contributed by atoms with Crippen molar-refractivity contribution in [1.82, 2.24) is 4.90 Å². The van der Waals surface area contributed by atoms with Crippen LogP contribution in [-0.2, 0) is 13.1 Å². The second-order valence-electron chi connectivity index (χ2n) is 8.78. The fraction of sp³-hybridized carbons (Fsp3) is 0.138. The third-order valence-corrected chi connectivity index (χ3v) is 6.35. The molecule has 35 heavy (non-hydrogen) atoms. The Hall–Kier alpha value is -4.45. The summed E-state index contributed by atoms with van der Waals surface area (Å²) >= 11 is 0. The number of carbonyl (C=O) groups excluding carboxylic acids is 1. The molecule has 1 aliphatic heterocycles. The minimum atomic E-state index is -0.456. The molecule has 4 aromatic rings. The van der Waals surface area contributed by atoms with Gasteiger partial charge in [-0.15, -0.1) is 0 Å². The van der Waals surface area contributed by atoms with Crippen molar-refractivity contribution in [3.63, 3.8) is 0 Å². The fourth-order valence-electron chi connectivity index (χ4n) is 4.61. The number of hydrogen-bond donors (Lipinski definition) is 0. The average molecular weight is 464 g/mol. The Morgan fingerprint density at radius 2 is 1.34 bits per heavy atom. The molecule has 0 saturated heterocycles. The maximum atomic E-state index is 13.9. The molecule has 0 spiro atoms. The SMILES string of the molecule is Cc1ccc([C@@H]2N(Cc3ccccc3)C(=O)c3cc([N+](=O)[O-])ccc3N2Cc2ccccc2)cc1. The summed E-state index contributed by atoms with van der Waals surface area (Å²) in [5, 5.41) is 11.5. The third kappa shape index (κ3) is 4.51. The number of hydrogen-bond acceptors (Lipinski definition) is 4. The lowest BCUT2D eigenvalue weighted by molar-refractivity contribution is -0.384. The van der Waals surface area contributed by atoms with Crippen molar-refractivity contribution in [2.75, 3.05) is 4.90 Å². The van der Waals surface area contributed by atoms with Gasteiger partial charge in [0.15, 0.2) is 0 Å². The molecule has 0 saturated carbocycles. The van der Waals surface area contributed by atoms with Crippen LogP contribution in [-0.4, -0.2) is 15.7 Å². The molecule has 0 N–H and O–H groups in total. The molecule has 0 unspecified atom stereocenters. The Balaban J connectivity index is 1.69. The maximum absolute atomic E-state index is 13.9. The van der Waals surface area contributed by atoms with Crippen LogP contribution < -0.4 is 4.90 Å². The van der Waals surface area contributed by atoms with Crippen molar-refractivity contribution in [2.24, 2.45) is 0 Å². The van der Waals surface area contributed by atoms with Crippen LogP contribution in [0.5, 0.6) is 0 Å². The van der Waals surface area contributed by atoms with E-state index in [2.05, 4.69) is 29.2 Å². The van der Waals surface area contributed by atoms with E-state index in [1.54, 1.807) is 6.07 Å². The van der Waals surface area contributed by atoms with Gasteiger partial charge in [0.05, 0.1) is 16.2 Å². The molecule has 174 valence electrons. The first-order valence-corrected chi connectivity index (χ1v) is 11.5. The summed E-state index contributed by atoms with van der Waals surface area (Å²) in [5.74, 6) is -0.220. The smallest absolute Gasteiger partial charge is 0.270 e. The van der Waals surface area contributed by atoms with Crippen LogP contribution in [0.25, 0.3) is 0 Å². The van der Waals surface area contributed by atoms with E-state index in [0.717, 1.165) is 22.3 Å². The minimum absolute atomic E-state index is 0.0924. The van der Waals surface area contributed by atoms with E-state index in [1.165, 1.54) is 12.1 Å². The van der Waals surface area contributed by atoms with Crippen molar-refractivity contribution in [3.05, 3.63) is 141 Å². The van der Waals surface area contributed by atoms with Gasteiger partial charge in [0.2, 0.25) is 0 Å². The molecule has 4 aromatic carbocycles. The van der Waals surface area contributed by atoms with Gasteiger partial charge < -0.3 is 9.80 Å². The molecule has 6 nitrogen and oxygen atoms in total. The predicted octanol–water partition coefficient (Wildman–Crippen LogP) is 6.26. The second-order valence-corrected chi connectivity index (χ2v) is 8.78. The van der Waals surface area contributed by atoms with E-state index in [-0.39, 0.29) is 17.8 Å². The number of nitro groups is 1. The molecule has 0 radical (unpaired) electrons. The van der Waals surface area contributed by atoms with E-state index in [1.807, 2.05) is 72.5 Å². The topological polar surface area (TPSA) is 66.7 Å². The van der Waals surface area contributed by atoms with Crippen molar-refractivity contribution in [3.8, 4) is 0 Å². The second kappa shape index (κ2) is 9.43. The quantitative estimate of drug-likeness (QED) is 0.250. The van der Waals surface area contributed by atoms with Gasteiger partial charge in [-0.1, -0.05) is 90.5 Å². The van der Waals surface area contributed by atoms with Crippen LogP contribution in [0.2, 0.25) is 0 Å². The first-order valence-electron chi connectivity index (χ1n) is 11.5. The van der Waals surface area contributed by atoms with Crippen LogP contribution in [0.1, 0.15) is 38.8 Å². The minimum Gasteiger partial charge on any atom is -0.342 e. The summed E-state index contributed by atoms with van der Waals surface area (Å²) in [6, 6.07) is 32.7. The monoisotopic (exact) mass is 463 g/mol. The van der Waals surface area contributed by atoms with Gasteiger partial charge >= 0.3 is 0 Å². The molecule has 1 atom stereocenters. The number of fused-ring (bicyclic) bond motifs is 1. The van der Waals surface area contributed by atoms with E-state index < -0.39 is 4.92 Å². The van der Waals surface area contributed by atoms with E-state index in [9.17, 15) is 14.9 Å². The Bertz CT molecular complexity index is 1360. The summed E-state index contributed by atoms with van der Waals surface area (Å²) in [5.41, 5.74) is 5.14. The highest BCUT2D eigenvalue weighted by atomic mass is 16.6. The summed E-state index contributed by atoms with van der Waals surface area (Å²) in [7, 11) is 0. The van der Waals surface area contributed by atoms with Crippen molar-refractivity contribution in [2.45, 2.75) is 26.2 Å². The van der Waals surface area contributed by atoms with Gasteiger partial charge in [0.25, 0.3) is 11.6 Å². The van der Waals surface area contributed by atoms with Gasteiger partial charge in [-0.3, -0.25) is 14.9 Å². The fourth-order valence-corrected chi connectivity index (χ4v) is 4.61. The number of anilines is 1. The molecule has 1 amide bonds. The molecule has 0 aliphatic carbocycles. The molecule has 0 fully saturated rings. The molecule has 0 bridgehead atoms. The van der Waals surface area contributed by atoms with Gasteiger partial charge in [0.1, 0.15) is 6.17 Å². The number of nitro benzene ring substituents is 1. The number of benzene rings is 4. The number of aryl methyl sites for hydroxylation is 1. The Morgan fingerprint density at radius 1 is 0.771 bits per heavy atom. The zero-order valence-electron chi connectivity index (χ0n) is 19.4. The van der Waals surface area contributed by atoms with Crippen molar-refractivity contribution < 1.29 is 9.72 Å². The Morgan fingerprint density at radius 3 is 1.91 bits per heavy atom. The lowest BCUT2D eigenvalue weighted by Gasteiger charge is -2.46. The third-order valence-electron chi connectivity index (χ3n) is 6.35. The molecule has 5 rings (SSSR count). The van der Waals surface area contributed by atoms with Gasteiger partial charge in [-0.2, -0.15) is 0 Å². The van der Waals surface area contributed by atoms with Crippen LogP contribution in [0, 0.1) is 17.0 Å². The van der Waals surface area contributed by atoms with Crippen LogP contribution >= 0.6 is 0 Å². The maximum Gasteiger partial charge on any atom is 0.270 e. The van der Waals surface area contributed by atoms with Crippen molar-refractivity contribution >= 4 is 17.3 Å². The summed E-state index contributed by atoms with van der Waals surface area (Å²) in [4.78, 5) is 29.0. The molecule has 0 aromatic heterocycles. The van der Waals surface area contributed by atoms with Crippen molar-refractivity contribution in [1.29, 1.82) is 0 Å². The van der Waals surface area contributed by atoms with Crippen LogP contribution in [0.15, 0.2) is 103 Å². The molecule has 6 heteroatoms. The highest BCUT2D eigenvalue weighted by molar-refractivity contribution is 6.02. The molecule has 1 heterocycles. The first kappa shape index (κ1) is 22.3. The van der Waals surface area contributed by atoms with Gasteiger partial charge in [0, 0.05) is 25.2 Å².